The van der Waals surface area contributed by atoms with E-state index in [9.17, 15) is 0 Å². The third-order valence-corrected chi connectivity index (χ3v) is 4.49. The third kappa shape index (κ3) is 3.00. The van der Waals surface area contributed by atoms with Gasteiger partial charge < -0.3 is 5.32 Å². The standard InChI is InChI=1S/C14H18Cl2N2/c15-12-3-4-13(16)11(7-12)8-18-6-5-17-14(9-18)10-1-2-10/h3-4,7,10,14,17H,1-2,5-6,8-9H2. The van der Waals surface area contributed by atoms with E-state index in [2.05, 4.69) is 10.2 Å². The summed E-state index contributed by atoms with van der Waals surface area (Å²) < 4.78 is 0. The first-order valence-corrected chi connectivity index (χ1v) is 7.37. The van der Waals surface area contributed by atoms with E-state index in [0.29, 0.717) is 6.04 Å². The molecule has 1 saturated heterocycles. The van der Waals surface area contributed by atoms with Crippen LogP contribution in [0.4, 0.5) is 0 Å². The number of hydrogen-bond acceptors (Lipinski definition) is 2. The summed E-state index contributed by atoms with van der Waals surface area (Å²) in [6.07, 6.45) is 2.78. The Bertz CT molecular complexity index is 432. The molecule has 0 radical (unpaired) electrons. The lowest BCUT2D eigenvalue weighted by Crippen LogP contribution is -2.51. The molecule has 2 aliphatic rings. The Morgan fingerprint density at radius 1 is 1.28 bits per heavy atom. The van der Waals surface area contributed by atoms with Crippen LogP contribution >= 0.6 is 23.2 Å². The summed E-state index contributed by atoms with van der Waals surface area (Å²) in [5.74, 6) is 0.905. The minimum Gasteiger partial charge on any atom is -0.311 e. The number of nitrogens with zero attached hydrogens (tertiary/aromatic N) is 1. The van der Waals surface area contributed by atoms with Crippen LogP contribution in [0.5, 0.6) is 0 Å². The minimum absolute atomic E-state index is 0.678. The molecule has 98 valence electrons. The lowest BCUT2D eigenvalue weighted by atomic mass is 10.1. The molecular weight excluding hydrogens is 267 g/mol. The highest BCUT2D eigenvalue weighted by molar-refractivity contribution is 6.33. The van der Waals surface area contributed by atoms with Crippen molar-refractivity contribution >= 4 is 23.2 Å². The van der Waals surface area contributed by atoms with Crippen LogP contribution in [0.3, 0.4) is 0 Å². The van der Waals surface area contributed by atoms with Gasteiger partial charge in [-0.25, -0.2) is 0 Å². The molecule has 3 rings (SSSR count). The Morgan fingerprint density at radius 3 is 2.89 bits per heavy atom. The van der Waals surface area contributed by atoms with Gasteiger partial charge in [-0.15, -0.1) is 0 Å². The monoisotopic (exact) mass is 284 g/mol. The van der Waals surface area contributed by atoms with E-state index in [-0.39, 0.29) is 0 Å². The van der Waals surface area contributed by atoms with Crippen LogP contribution in [-0.4, -0.2) is 30.6 Å². The van der Waals surface area contributed by atoms with Gasteiger partial charge in [-0.1, -0.05) is 23.2 Å². The highest BCUT2D eigenvalue weighted by Gasteiger charge is 2.33. The molecule has 1 N–H and O–H groups in total. The Morgan fingerprint density at radius 2 is 2.11 bits per heavy atom. The molecule has 4 heteroatoms. The average molecular weight is 285 g/mol. The van der Waals surface area contributed by atoms with E-state index in [0.717, 1.165) is 47.7 Å². The molecule has 1 saturated carbocycles. The predicted molar refractivity (Wildman–Crippen MR) is 76.3 cm³/mol. The molecule has 1 aliphatic carbocycles. The molecule has 0 amide bonds. The lowest BCUT2D eigenvalue weighted by molar-refractivity contribution is 0.181. The zero-order valence-corrected chi connectivity index (χ0v) is 11.8. The molecule has 0 spiro atoms. The van der Waals surface area contributed by atoms with E-state index in [1.807, 2.05) is 18.2 Å². The second-order valence-corrected chi connectivity index (χ2v) is 6.21. The molecule has 18 heavy (non-hydrogen) atoms. The van der Waals surface area contributed by atoms with Crippen LogP contribution in [0.15, 0.2) is 18.2 Å². The van der Waals surface area contributed by atoms with Gasteiger partial charge in [0.2, 0.25) is 0 Å². The van der Waals surface area contributed by atoms with Gasteiger partial charge in [0.05, 0.1) is 0 Å². The number of benzene rings is 1. The highest BCUT2D eigenvalue weighted by Crippen LogP contribution is 2.34. The summed E-state index contributed by atoms with van der Waals surface area (Å²) in [5.41, 5.74) is 1.14. The van der Waals surface area contributed by atoms with Crippen molar-refractivity contribution in [1.82, 2.24) is 10.2 Å². The van der Waals surface area contributed by atoms with Gasteiger partial charge >= 0.3 is 0 Å². The third-order valence-electron chi connectivity index (χ3n) is 3.88. The molecule has 1 aromatic rings. The van der Waals surface area contributed by atoms with Crippen LogP contribution in [0.2, 0.25) is 10.0 Å². The number of piperazine rings is 1. The van der Waals surface area contributed by atoms with E-state index in [1.54, 1.807) is 0 Å². The summed E-state index contributed by atoms with van der Waals surface area (Å²) in [6.45, 7) is 4.21. The van der Waals surface area contributed by atoms with Gasteiger partial charge in [0.1, 0.15) is 0 Å². The van der Waals surface area contributed by atoms with Crippen LogP contribution < -0.4 is 5.32 Å². The zero-order chi connectivity index (χ0) is 12.5. The molecule has 0 aromatic heterocycles. The Balaban J connectivity index is 1.65. The van der Waals surface area contributed by atoms with Crippen LogP contribution in [0, 0.1) is 5.92 Å². The molecule has 2 fully saturated rings. The van der Waals surface area contributed by atoms with Crippen molar-refractivity contribution in [3.8, 4) is 0 Å². The van der Waals surface area contributed by atoms with Crippen molar-refractivity contribution in [1.29, 1.82) is 0 Å². The molecule has 1 aromatic carbocycles. The number of halogens is 2. The summed E-state index contributed by atoms with van der Waals surface area (Å²) in [4.78, 5) is 2.48. The SMILES string of the molecule is Clc1ccc(Cl)c(CN2CCNC(C3CC3)C2)c1. The number of nitrogens with one attached hydrogen (secondary N) is 1. The van der Waals surface area contributed by atoms with E-state index in [1.165, 1.54) is 12.8 Å². The van der Waals surface area contributed by atoms with Crippen molar-refractivity contribution in [3.05, 3.63) is 33.8 Å². The van der Waals surface area contributed by atoms with Crippen molar-refractivity contribution in [2.75, 3.05) is 19.6 Å². The fraction of sp³-hybridized carbons (Fsp3) is 0.571. The van der Waals surface area contributed by atoms with E-state index >= 15 is 0 Å². The van der Waals surface area contributed by atoms with Gasteiger partial charge in [-0.3, -0.25) is 4.90 Å². The lowest BCUT2D eigenvalue weighted by Gasteiger charge is -2.34. The second-order valence-electron chi connectivity index (χ2n) is 5.37. The number of rotatable bonds is 3. The Kier molecular flexibility index (Phi) is 3.81. The summed E-state index contributed by atoms with van der Waals surface area (Å²) in [7, 11) is 0. The van der Waals surface area contributed by atoms with Gasteiger partial charge in [-0.05, 0) is 42.5 Å². The first-order valence-electron chi connectivity index (χ1n) is 6.62. The average Bonchev–Trinajstić information content (AvgIpc) is 3.18. The fourth-order valence-corrected chi connectivity index (χ4v) is 3.08. The summed E-state index contributed by atoms with van der Waals surface area (Å²) in [6, 6.07) is 6.40. The van der Waals surface area contributed by atoms with E-state index in [4.69, 9.17) is 23.2 Å². The first kappa shape index (κ1) is 12.7. The predicted octanol–water partition coefficient (Wildman–Crippen LogP) is 3.18. The van der Waals surface area contributed by atoms with Crippen molar-refractivity contribution in [3.63, 3.8) is 0 Å². The van der Waals surface area contributed by atoms with Gasteiger partial charge in [0.25, 0.3) is 0 Å². The topological polar surface area (TPSA) is 15.3 Å². The van der Waals surface area contributed by atoms with E-state index < -0.39 is 0 Å². The molecule has 1 unspecified atom stereocenters. The minimum atomic E-state index is 0.678. The van der Waals surface area contributed by atoms with Crippen molar-refractivity contribution < 1.29 is 0 Å². The van der Waals surface area contributed by atoms with Crippen molar-refractivity contribution in [2.24, 2.45) is 5.92 Å². The molecule has 2 nitrogen and oxygen atoms in total. The Hall–Kier alpha value is -0.280. The summed E-state index contributed by atoms with van der Waals surface area (Å²) >= 11 is 12.3. The highest BCUT2D eigenvalue weighted by atomic mass is 35.5. The number of hydrogen-bond donors (Lipinski definition) is 1. The van der Waals surface area contributed by atoms with Crippen LogP contribution in [0.25, 0.3) is 0 Å². The quantitative estimate of drug-likeness (QED) is 0.917. The van der Waals surface area contributed by atoms with Crippen molar-refractivity contribution in [2.45, 2.75) is 25.4 Å². The second kappa shape index (κ2) is 5.38. The van der Waals surface area contributed by atoms with Crippen LogP contribution in [0.1, 0.15) is 18.4 Å². The fourth-order valence-electron chi connectivity index (χ4n) is 2.71. The smallest absolute Gasteiger partial charge is 0.0452 e. The normalized spacial score (nSPS) is 25.3. The zero-order valence-electron chi connectivity index (χ0n) is 10.3. The van der Waals surface area contributed by atoms with Gasteiger partial charge in [-0.2, -0.15) is 0 Å². The van der Waals surface area contributed by atoms with Gasteiger partial charge in [0.15, 0.2) is 0 Å². The molecule has 1 atom stereocenters. The first-order chi connectivity index (χ1) is 8.72. The maximum absolute atomic E-state index is 6.23. The largest absolute Gasteiger partial charge is 0.311 e. The van der Waals surface area contributed by atoms with Gasteiger partial charge in [0, 0.05) is 42.3 Å². The van der Waals surface area contributed by atoms with Crippen LogP contribution in [-0.2, 0) is 6.54 Å². The maximum Gasteiger partial charge on any atom is 0.0452 e. The molecular formula is C14H18Cl2N2. The Labute approximate surface area is 118 Å². The molecule has 0 bridgehead atoms. The molecule has 1 heterocycles. The maximum atomic E-state index is 6.23. The molecule has 1 aliphatic heterocycles. The summed E-state index contributed by atoms with van der Waals surface area (Å²) in [5, 5.41) is 5.21.